The lowest BCUT2D eigenvalue weighted by molar-refractivity contribution is -0.135. The van der Waals surface area contributed by atoms with Crippen molar-refractivity contribution >= 4 is 22.8 Å². The molecule has 1 saturated carbocycles. The molecule has 5 heteroatoms. The summed E-state index contributed by atoms with van der Waals surface area (Å²) in [5.74, 6) is -0.575. The Bertz CT molecular complexity index is 1270. The van der Waals surface area contributed by atoms with Gasteiger partial charge in [0.1, 0.15) is 0 Å². The molecule has 5 nitrogen and oxygen atoms in total. The average Bonchev–Trinajstić information content (AvgIpc) is 3.06. The number of fused-ring (bicyclic) bond motifs is 3. The number of ether oxygens (including phenoxy) is 1. The van der Waals surface area contributed by atoms with Gasteiger partial charge in [0.2, 0.25) is 0 Å². The van der Waals surface area contributed by atoms with Crippen LogP contribution in [0.25, 0.3) is 22.2 Å². The van der Waals surface area contributed by atoms with Crippen LogP contribution < -0.4 is 0 Å². The minimum Gasteiger partial charge on any atom is -0.452 e. The minimum absolute atomic E-state index is 0.0981. The van der Waals surface area contributed by atoms with E-state index in [0.29, 0.717) is 5.56 Å². The molecule has 0 spiro atoms. The number of carbonyl (C=O) groups excluding carboxylic acids is 2. The van der Waals surface area contributed by atoms with Crippen LogP contribution in [0.4, 0.5) is 0 Å². The van der Waals surface area contributed by atoms with Crippen molar-refractivity contribution in [3.63, 3.8) is 0 Å². The smallest absolute Gasteiger partial charge is 0.339 e. The molecule has 0 N–H and O–H groups in total. The number of carbonyl (C=O) groups is 2. The Morgan fingerprint density at radius 1 is 1.03 bits per heavy atom. The monoisotopic (exact) mass is 456 g/mol. The fraction of sp³-hybridized carbons (Fsp3) is 0.414. The normalized spacial score (nSPS) is 23.2. The van der Waals surface area contributed by atoms with Gasteiger partial charge in [-0.15, -0.1) is 0 Å². The predicted octanol–water partition coefficient (Wildman–Crippen LogP) is 5.79. The summed E-state index contributed by atoms with van der Waals surface area (Å²) < 4.78 is 5.66. The summed E-state index contributed by atoms with van der Waals surface area (Å²) >= 11 is 0. The number of rotatable bonds is 4. The molecule has 176 valence electrons. The van der Waals surface area contributed by atoms with Crippen molar-refractivity contribution in [3.8, 4) is 11.3 Å². The van der Waals surface area contributed by atoms with Gasteiger partial charge in [-0.05, 0) is 48.6 Å². The van der Waals surface area contributed by atoms with Gasteiger partial charge >= 0.3 is 5.97 Å². The van der Waals surface area contributed by atoms with E-state index in [9.17, 15) is 9.59 Å². The van der Waals surface area contributed by atoms with Gasteiger partial charge in [-0.25, -0.2) is 9.78 Å². The summed E-state index contributed by atoms with van der Waals surface area (Å²) in [4.78, 5) is 33.3. The number of nitrogens with zero attached hydrogens (tertiary/aromatic N) is 2. The quantitative estimate of drug-likeness (QED) is 0.466. The van der Waals surface area contributed by atoms with E-state index in [2.05, 4.69) is 20.8 Å². The molecule has 2 fully saturated rings. The SMILES string of the molecule is Cc1c(-c2ccccc2)nc2ccccc2c1C(=O)OCC(=O)N1CC2(C)CC1CC(C)(C)C2. The van der Waals surface area contributed by atoms with Crippen LogP contribution in [-0.4, -0.2) is 41.0 Å². The highest BCUT2D eigenvalue weighted by atomic mass is 16.5. The van der Waals surface area contributed by atoms with Gasteiger partial charge in [0.15, 0.2) is 6.61 Å². The Kier molecular flexibility index (Phi) is 5.46. The zero-order chi connectivity index (χ0) is 24.1. The number of para-hydroxylation sites is 1. The van der Waals surface area contributed by atoms with Crippen molar-refractivity contribution in [2.75, 3.05) is 13.2 Å². The Hall–Kier alpha value is -3.21. The molecule has 2 unspecified atom stereocenters. The van der Waals surface area contributed by atoms with Crippen molar-refractivity contribution in [1.29, 1.82) is 0 Å². The van der Waals surface area contributed by atoms with Crippen molar-refractivity contribution in [3.05, 3.63) is 65.7 Å². The molecule has 1 aliphatic heterocycles. The van der Waals surface area contributed by atoms with Crippen LogP contribution in [0.5, 0.6) is 0 Å². The summed E-state index contributed by atoms with van der Waals surface area (Å²) in [6.07, 6.45) is 3.14. The van der Waals surface area contributed by atoms with Gasteiger partial charge in [0.25, 0.3) is 5.91 Å². The van der Waals surface area contributed by atoms with Crippen LogP contribution in [0.1, 0.15) is 56.0 Å². The van der Waals surface area contributed by atoms with Crippen LogP contribution in [0.3, 0.4) is 0 Å². The van der Waals surface area contributed by atoms with Crippen LogP contribution in [0, 0.1) is 17.8 Å². The van der Waals surface area contributed by atoms with E-state index < -0.39 is 5.97 Å². The van der Waals surface area contributed by atoms with E-state index in [4.69, 9.17) is 9.72 Å². The number of pyridine rings is 1. The van der Waals surface area contributed by atoms with Crippen LogP contribution in [0.2, 0.25) is 0 Å². The molecule has 0 radical (unpaired) electrons. The molecule has 1 saturated heterocycles. The zero-order valence-corrected chi connectivity index (χ0v) is 20.4. The summed E-state index contributed by atoms with van der Waals surface area (Å²) in [7, 11) is 0. The largest absolute Gasteiger partial charge is 0.452 e. The summed E-state index contributed by atoms with van der Waals surface area (Å²) in [6.45, 7) is 9.25. The lowest BCUT2D eigenvalue weighted by atomic mass is 9.65. The number of aromatic nitrogens is 1. The van der Waals surface area contributed by atoms with E-state index >= 15 is 0 Å². The lowest BCUT2D eigenvalue weighted by Gasteiger charge is -2.39. The zero-order valence-electron chi connectivity index (χ0n) is 20.4. The summed E-state index contributed by atoms with van der Waals surface area (Å²) in [6, 6.07) is 17.6. The van der Waals surface area contributed by atoms with E-state index in [0.717, 1.165) is 53.5 Å². The second kappa shape index (κ2) is 8.23. The fourth-order valence-corrected chi connectivity index (χ4v) is 6.48. The van der Waals surface area contributed by atoms with Gasteiger partial charge in [-0.2, -0.15) is 0 Å². The number of esters is 1. The molecule has 2 atom stereocenters. The van der Waals surface area contributed by atoms with Crippen LogP contribution >= 0.6 is 0 Å². The topological polar surface area (TPSA) is 59.5 Å². The molecule has 2 aliphatic rings. The second-order valence-electron chi connectivity index (χ2n) is 11.2. The van der Waals surface area contributed by atoms with E-state index in [-0.39, 0.29) is 29.4 Å². The fourth-order valence-electron chi connectivity index (χ4n) is 6.48. The highest BCUT2D eigenvalue weighted by Gasteiger charge is 2.51. The molecule has 2 bridgehead atoms. The molecule has 34 heavy (non-hydrogen) atoms. The Morgan fingerprint density at radius 2 is 1.74 bits per heavy atom. The molecule has 2 heterocycles. The average molecular weight is 457 g/mol. The maximum Gasteiger partial charge on any atom is 0.339 e. The second-order valence-corrected chi connectivity index (χ2v) is 11.2. The minimum atomic E-state index is -0.477. The first-order valence-corrected chi connectivity index (χ1v) is 12.1. The number of hydrogen-bond donors (Lipinski definition) is 0. The number of likely N-dealkylation sites (tertiary alicyclic amines) is 1. The van der Waals surface area contributed by atoms with Crippen molar-refractivity contribution in [2.45, 2.75) is 53.0 Å². The van der Waals surface area contributed by atoms with Gasteiger partial charge < -0.3 is 9.64 Å². The third kappa shape index (κ3) is 4.08. The third-order valence-electron chi connectivity index (χ3n) is 7.45. The molecular formula is C29H32N2O3. The highest BCUT2D eigenvalue weighted by Crippen LogP contribution is 2.52. The molecule has 2 aromatic carbocycles. The lowest BCUT2D eigenvalue weighted by Crippen LogP contribution is -2.39. The number of benzene rings is 2. The van der Waals surface area contributed by atoms with Crippen molar-refractivity contribution in [1.82, 2.24) is 9.88 Å². The first kappa shape index (κ1) is 22.6. The van der Waals surface area contributed by atoms with Crippen LogP contribution in [0.15, 0.2) is 54.6 Å². The van der Waals surface area contributed by atoms with Crippen LogP contribution in [-0.2, 0) is 9.53 Å². The third-order valence-corrected chi connectivity index (χ3v) is 7.45. The summed E-state index contributed by atoms with van der Waals surface area (Å²) in [5.41, 5.74) is 4.03. The Morgan fingerprint density at radius 3 is 2.50 bits per heavy atom. The summed E-state index contributed by atoms with van der Waals surface area (Å²) in [5, 5.41) is 0.739. The van der Waals surface area contributed by atoms with Crippen molar-refractivity contribution < 1.29 is 14.3 Å². The van der Waals surface area contributed by atoms with E-state index in [1.807, 2.05) is 66.4 Å². The van der Waals surface area contributed by atoms with Gasteiger partial charge in [0.05, 0.1) is 16.8 Å². The first-order chi connectivity index (χ1) is 16.2. The van der Waals surface area contributed by atoms with Gasteiger partial charge in [0, 0.05) is 23.5 Å². The number of amides is 1. The molecule has 1 aliphatic carbocycles. The molecule has 1 aromatic heterocycles. The maximum absolute atomic E-state index is 13.4. The van der Waals surface area contributed by atoms with Gasteiger partial charge in [-0.1, -0.05) is 69.3 Å². The van der Waals surface area contributed by atoms with E-state index in [1.165, 1.54) is 0 Å². The number of hydrogen-bond acceptors (Lipinski definition) is 4. The standard InChI is InChI=1S/C29H32N2O3/c1-19-25(22-12-8-9-13-23(22)30-26(19)20-10-6-5-7-11-20)27(33)34-16-24(32)31-18-29(4)15-21(31)14-28(2,3)17-29/h5-13,21H,14-18H2,1-4H3. The predicted molar refractivity (Wildman–Crippen MR) is 133 cm³/mol. The highest BCUT2D eigenvalue weighted by molar-refractivity contribution is 6.06. The first-order valence-electron chi connectivity index (χ1n) is 12.1. The molecule has 1 amide bonds. The maximum atomic E-state index is 13.4. The van der Waals surface area contributed by atoms with E-state index in [1.54, 1.807) is 0 Å². The van der Waals surface area contributed by atoms with Crippen molar-refractivity contribution in [2.24, 2.45) is 10.8 Å². The molecule has 5 rings (SSSR count). The van der Waals surface area contributed by atoms with Gasteiger partial charge in [-0.3, -0.25) is 4.79 Å². The Labute approximate surface area is 201 Å². The molecule has 3 aromatic rings. The Balaban J connectivity index is 1.40. The molecular weight excluding hydrogens is 424 g/mol.